The van der Waals surface area contributed by atoms with E-state index in [1.54, 1.807) is 7.05 Å². The topological polar surface area (TPSA) is 39.7 Å². The summed E-state index contributed by atoms with van der Waals surface area (Å²) in [5.41, 5.74) is 1.29. The third kappa shape index (κ3) is 4.77. The van der Waals surface area contributed by atoms with Gasteiger partial charge in [0.15, 0.2) is 5.96 Å². The van der Waals surface area contributed by atoms with Crippen LogP contribution in [0.5, 0.6) is 0 Å². The molecule has 4 nitrogen and oxygen atoms in total. The van der Waals surface area contributed by atoms with Gasteiger partial charge in [0.05, 0.1) is 0 Å². The molecule has 0 saturated carbocycles. The van der Waals surface area contributed by atoms with E-state index in [1.165, 1.54) is 12.1 Å². The number of nitrogens with zero attached hydrogens (tertiary/aromatic N) is 2. The van der Waals surface area contributed by atoms with Crippen LogP contribution in [0.1, 0.15) is 6.42 Å². The van der Waals surface area contributed by atoms with Crippen LogP contribution in [0.25, 0.3) is 0 Å². The lowest BCUT2D eigenvalue weighted by atomic mass is 10.1. The molecule has 114 valence electrons. The van der Waals surface area contributed by atoms with E-state index in [1.807, 2.05) is 6.08 Å². The molecule has 0 radical (unpaired) electrons. The largest absolute Gasteiger partial charge is 0.371 e. The fraction of sp³-hybridized carbons (Fsp3) is 0.438. The molecule has 1 fully saturated rings. The molecule has 2 N–H and O–H groups in total. The van der Waals surface area contributed by atoms with Crippen molar-refractivity contribution in [1.29, 1.82) is 0 Å². The summed E-state index contributed by atoms with van der Waals surface area (Å²) in [7, 11) is 1.79. The maximum absolute atomic E-state index is 4.20. The van der Waals surface area contributed by atoms with Crippen LogP contribution in [0.3, 0.4) is 0 Å². The SMILES string of the molecule is C=CCNC(=NC)NCC1CCN(c2cccc(Br)c2)C1. The molecular formula is C16H23BrN4. The molecule has 1 aromatic rings. The highest BCUT2D eigenvalue weighted by molar-refractivity contribution is 9.10. The van der Waals surface area contributed by atoms with Crippen LogP contribution >= 0.6 is 15.9 Å². The molecule has 5 heteroatoms. The molecule has 0 bridgehead atoms. The second-order valence-electron chi connectivity index (χ2n) is 5.20. The minimum Gasteiger partial charge on any atom is -0.371 e. The molecule has 0 amide bonds. The second-order valence-corrected chi connectivity index (χ2v) is 6.12. The predicted octanol–water partition coefficient (Wildman–Crippen LogP) is 2.63. The van der Waals surface area contributed by atoms with E-state index < -0.39 is 0 Å². The molecule has 1 aliphatic rings. The minimum absolute atomic E-state index is 0.645. The number of benzene rings is 1. The first-order chi connectivity index (χ1) is 10.2. The fourth-order valence-corrected chi connectivity index (χ4v) is 2.92. The van der Waals surface area contributed by atoms with Gasteiger partial charge in [-0.25, -0.2) is 0 Å². The summed E-state index contributed by atoms with van der Waals surface area (Å²) in [6.07, 6.45) is 3.04. The lowest BCUT2D eigenvalue weighted by Gasteiger charge is -2.19. The fourth-order valence-electron chi connectivity index (χ4n) is 2.54. The normalized spacial score (nSPS) is 18.7. The molecule has 1 atom stereocenters. The van der Waals surface area contributed by atoms with Crippen LogP contribution in [0, 0.1) is 5.92 Å². The zero-order valence-electron chi connectivity index (χ0n) is 12.5. The van der Waals surface area contributed by atoms with E-state index in [4.69, 9.17) is 0 Å². The molecule has 1 unspecified atom stereocenters. The first-order valence-electron chi connectivity index (χ1n) is 7.29. The summed E-state index contributed by atoms with van der Waals surface area (Å²) in [4.78, 5) is 6.64. The number of hydrogen-bond donors (Lipinski definition) is 2. The Morgan fingerprint density at radius 3 is 3.10 bits per heavy atom. The summed E-state index contributed by atoms with van der Waals surface area (Å²) in [5, 5.41) is 6.58. The maximum atomic E-state index is 4.20. The molecule has 2 rings (SSSR count). The van der Waals surface area contributed by atoms with E-state index in [-0.39, 0.29) is 0 Å². The first kappa shape index (κ1) is 15.9. The van der Waals surface area contributed by atoms with Crippen molar-refractivity contribution in [1.82, 2.24) is 10.6 Å². The number of halogens is 1. The van der Waals surface area contributed by atoms with Gasteiger partial charge in [0.25, 0.3) is 0 Å². The Morgan fingerprint density at radius 2 is 2.38 bits per heavy atom. The van der Waals surface area contributed by atoms with Gasteiger partial charge in [-0.15, -0.1) is 6.58 Å². The Morgan fingerprint density at radius 1 is 1.52 bits per heavy atom. The van der Waals surface area contributed by atoms with E-state index in [0.29, 0.717) is 5.92 Å². The van der Waals surface area contributed by atoms with E-state index >= 15 is 0 Å². The number of rotatable bonds is 5. The minimum atomic E-state index is 0.645. The Hall–Kier alpha value is -1.49. The van der Waals surface area contributed by atoms with E-state index in [9.17, 15) is 0 Å². The van der Waals surface area contributed by atoms with Gasteiger partial charge in [-0.1, -0.05) is 28.1 Å². The van der Waals surface area contributed by atoms with Crippen LogP contribution < -0.4 is 15.5 Å². The van der Waals surface area contributed by atoms with Crippen LogP contribution in [-0.4, -0.2) is 39.2 Å². The van der Waals surface area contributed by atoms with Crippen molar-refractivity contribution in [3.05, 3.63) is 41.4 Å². The van der Waals surface area contributed by atoms with Crippen LogP contribution in [0.2, 0.25) is 0 Å². The van der Waals surface area contributed by atoms with Gasteiger partial charge in [0.1, 0.15) is 0 Å². The second kappa shape index (κ2) is 8.08. The number of aliphatic imine (C=N–C) groups is 1. The third-order valence-corrected chi connectivity index (χ3v) is 4.15. The Kier molecular flexibility index (Phi) is 6.11. The molecule has 0 aromatic heterocycles. The Bertz CT molecular complexity index is 501. The molecular weight excluding hydrogens is 328 g/mol. The molecule has 1 aromatic carbocycles. The molecule has 0 aliphatic carbocycles. The molecule has 1 saturated heterocycles. The quantitative estimate of drug-likeness (QED) is 0.487. The first-order valence-corrected chi connectivity index (χ1v) is 8.08. The lowest BCUT2D eigenvalue weighted by Crippen LogP contribution is -2.40. The summed E-state index contributed by atoms with van der Waals surface area (Å²) >= 11 is 3.54. The summed E-state index contributed by atoms with van der Waals surface area (Å²) in [6, 6.07) is 8.51. The van der Waals surface area contributed by atoms with Crippen molar-refractivity contribution in [2.45, 2.75) is 6.42 Å². The Labute approximate surface area is 135 Å². The van der Waals surface area contributed by atoms with Gasteiger partial charge in [-0.3, -0.25) is 4.99 Å². The van der Waals surface area contributed by atoms with Crippen molar-refractivity contribution >= 4 is 27.6 Å². The molecule has 1 heterocycles. The number of nitrogens with one attached hydrogen (secondary N) is 2. The predicted molar refractivity (Wildman–Crippen MR) is 94.0 cm³/mol. The average Bonchev–Trinajstić information content (AvgIpc) is 2.96. The lowest BCUT2D eigenvalue weighted by molar-refractivity contribution is 0.567. The smallest absolute Gasteiger partial charge is 0.191 e. The highest BCUT2D eigenvalue weighted by atomic mass is 79.9. The van der Waals surface area contributed by atoms with Gasteiger partial charge in [-0.2, -0.15) is 0 Å². The highest BCUT2D eigenvalue weighted by Gasteiger charge is 2.22. The van der Waals surface area contributed by atoms with Gasteiger partial charge < -0.3 is 15.5 Å². The molecule has 21 heavy (non-hydrogen) atoms. The van der Waals surface area contributed by atoms with E-state index in [0.717, 1.165) is 36.6 Å². The number of anilines is 1. The summed E-state index contributed by atoms with van der Waals surface area (Å²) < 4.78 is 1.13. The van der Waals surface area contributed by atoms with Crippen molar-refractivity contribution in [3.63, 3.8) is 0 Å². The average molecular weight is 351 g/mol. The summed E-state index contributed by atoms with van der Waals surface area (Å²) in [5.74, 6) is 1.49. The zero-order valence-corrected chi connectivity index (χ0v) is 14.1. The number of guanidine groups is 1. The van der Waals surface area contributed by atoms with Crippen molar-refractivity contribution in [2.75, 3.05) is 38.1 Å². The highest BCUT2D eigenvalue weighted by Crippen LogP contribution is 2.25. The van der Waals surface area contributed by atoms with Gasteiger partial charge in [0, 0.05) is 43.4 Å². The van der Waals surface area contributed by atoms with Gasteiger partial charge in [0.2, 0.25) is 0 Å². The number of hydrogen-bond acceptors (Lipinski definition) is 2. The third-order valence-electron chi connectivity index (χ3n) is 3.65. The standard InChI is InChI=1S/C16H23BrN4/c1-3-8-19-16(18-2)20-11-13-7-9-21(12-13)15-6-4-5-14(17)10-15/h3-6,10,13H,1,7-9,11-12H2,2H3,(H2,18,19,20). The van der Waals surface area contributed by atoms with Crippen molar-refractivity contribution in [2.24, 2.45) is 10.9 Å². The Balaban J connectivity index is 1.81. The van der Waals surface area contributed by atoms with Crippen LogP contribution in [0.15, 0.2) is 46.4 Å². The zero-order chi connectivity index (χ0) is 15.1. The van der Waals surface area contributed by atoms with Crippen molar-refractivity contribution in [3.8, 4) is 0 Å². The monoisotopic (exact) mass is 350 g/mol. The van der Waals surface area contributed by atoms with Gasteiger partial charge in [-0.05, 0) is 30.5 Å². The molecule has 0 spiro atoms. The van der Waals surface area contributed by atoms with E-state index in [2.05, 4.69) is 67.3 Å². The van der Waals surface area contributed by atoms with Crippen LogP contribution in [0.4, 0.5) is 5.69 Å². The van der Waals surface area contributed by atoms with Gasteiger partial charge >= 0.3 is 0 Å². The molecule has 1 aliphatic heterocycles. The summed E-state index contributed by atoms with van der Waals surface area (Å²) in [6.45, 7) is 7.57. The van der Waals surface area contributed by atoms with Crippen molar-refractivity contribution < 1.29 is 0 Å². The van der Waals surface area contributed by atoms with Crippen LogP contribution in [-0.2, 0) is 0 Å². The maximum Gasteiger partial charge on any atom is 0.191 e.